The Kier molecular flexibility index (Phi) is 11.3. The fraction of sp³-hybridized carbons (Fsp3) is 0.278. The van der Waals surface area contributed by atoms with Gasteiger partial charge in [0.2, 0.25) is 10.0 Å². The Morgan fingerprint density at radius 1 is 1.07 bits per heavy atom. The highest BCUT2D eigenvalue weighted by atomic mass is 35.5. The van der Waals surface area contributed by atoms with Crippen molar-refractivity contribution in [3.8, 4) is 0 Å². The molecule has 0 fully saturated rings. The van der Waals surface area contributed by atoms with Gasteiger partial charge in [0.05, 0.1) is 4.90 Å². The summed E-state index contributed by atoms with van der Waals surface area (Å²) in [4.78, 5) is 14.6. The number of carbonyl (C=O) groups is 1. The normalized spacial score (nSPS) is 10.7. The highest BCUT2D eigenvalue weighted by molar-refractivity contribution is 7.89. The Hall–Kier alpha value is -1.68. The number of nitrogens with one attached hydrogen (secondary N) is 2. The van der Waals surface area contributed by atoms with Gasteiger partial charge in [0.25, 0.3) is 5.91 Å². The molecule has 0 spiro atoms. The Labute approximate surface area is 178 Å². The van der Waals surface area contributed by atoms with Gasteiger partial charge in [-0.3, -0.25) is 4.79 Å². The maximum atomic E-state index is 12.5. The van der Waals surface area contributed by atoms with Crippen LogP contribution in [0.4, 0.5) is 5.69 Å². The highest BCUT2D eigenvalue weighted by Gasteiger charge is 2.14. The summed E-state index contributed by atoms with van der Waals surface area (Å²) in [5, 5.41) is 2.74. The Morgan fingerprint density at radius 3 is 2.39 bits per heavy atom. The van der Waals surface area contributed by atoms with Crippen molar-refractivity contribution < 1.29 is 13.2 Å². The molecule has 0 atom stereocenters. The molecule has 0 heterocycles. The van der Waals surface area contributed by atoms with Gasteiger partial charge in [0.1, 0.15) is 0 Å². The predicted octanol–water partition coefficient (Wildman–Crippen LogP) is 2.08. The topological polar surface area (TPSA) is 105 Å². The molecule has 0 saturated heterocycles. The number of amides is 1. The van der Waals surface area contributed by atoms with Gasteiger partial charge in [-0.15, -0.1) is 24.8 Å². The summed E-state index contributed by atoms with van der Waals surface area (Å²) in [6.45, 7) is 1.08. The molecule has 10 heteroatoms. The zero-order chi connectivity index (χ0) is 19.2. The molecule has 1 amide bonds. The molecule has 0 aromatic heterocycles. The minimum absolute atomic E-state index is 0. The van der Waals surface area contributed by atoms with Gasteiger partial charge in [-0.05, 0) is 50.0 Å². The second-order valence-corrected chi connectivity index (χ2v) is 7.87. The van der Waals surface area contributed by atoms with Crippen LogP contribution in [0.1, 0.15) is 15.9 Å². The standard InChI is InChI=1S/C18H24N4O3S.2ClH/c1-22(2)13-14-5-3-6-15(11-14)18(23)21-16-7-4-8-17(12-16)26(24,25)20-10-9-19;;/h3-8,11-12,20H,9-10,13,19H2,1-2H3,(H,21,23);2*1H. The summed E-state index contributed by atoms with van der Waals surface area (Å²) in [5.41, 5.74) is 7.27. The van der Waals surface area contributed by atoms with Crippen LogP contribution in [-0.2, 0) is 16.6 Å². The van der Waals surface area contributed by atoms with E-state index in [2.05, 4.69) is 10.0 Å². The average Bonchev–Trinajstić information content (AvgIpc) is 2.60. The number of nitrogens with two attached hydrogens (primary N) is 1. The number of anilines is 1. The Morgan fingerprint density at radius 2 is 1.75 bits per heavy atom. The van der Waals surface area contributed by atoms with Crippen LogP contribution in [0, 0.1) is 0 Å². The molecule has 2 aromatic rings. The van der Waals surface area contributed by atoms with Crippen molar-refractivity contribution in [2.75, 3.05) is 32.5 Å². The third-order valence-electron chi connectivity index (χ3n) is 3.53. The van der Waals surface area contributed by atoms with E-state index in [4.69, 9.17) is 5.73 Å². The number of nitrogens with zero attached hydrogens (tertiary/aromatic N) is 1. The van der Waals surface area contributed by atoms with Crippen LogP contribution in [-0.4, -0.2) is 46.4 Å². The fourth-order valence-electron chi connectivity index (χ4n) is 2.40. The third-order valence-corrected chi connectivity index (χ3v) is 4.99. The van der Waals surface area contributed by atoms with Crippen molar-refractivity contribution >= 4 is 46.4 Å². The molecule has 0 saturated carbocycles. The first-order chi connectivity index (χ1) is 12.3. The van der Waals surface area contributed by atoms with Crippen LogP contribution in [0.25, 0.3) is 0 Å². The van der Waals surface area contributed by atoms with Gasteiger partial charge in [-0.25, -0.2) is 13.1 Å². The van der Waals surface area contributed by atoms with Crippen molar-refractivity contribution in [1.82, 2.24) is 9.62 Å². The first-order valence-corrected chi connectivity index (χ1v) is 9.65. The molecule has 0 aliphatic rings. The quantitative estimate of drug-likeness (QED) is 0.573. The molecular weight excluding hydrogens is 423 g/mol. The molecule has 0 radical (unpaired) electrons. The number of hydrogen-bond acceptors (Lipinski definition) is 5. The van der Waals surface area contributed by atoms with E-state index in [-0.39, 0.29) is 48.7 Å². The lowest BCUT2D eigenvalue weighted by Crippen LogP contribution is -2.29. The van der Waals surface area contributed by atoms with Crippen LogP contribution in [0.5, 0.6) is 0 Å². The van der Waals surface area contributed by atoms with Crippen molar-refractivity contribution in [1.29, 1.82) is 0 Å². The number of carbonyl (C=O) groups excluding carboxylic acids is 1. The summed E-state index contributed by atoms with van der Waals surface area (Å²) < 4.78 is 26.7. The lowest BCUT2D eigenvalue weighted by molar-refractivity contribution is 0.102. The maximum absolute atomic E-state index is 12.5. The van der Waals surface area contributed by atoms with Gasteiger partial charge >= 0.3 is 0 Å². The largest absolute Gasteiger partial charge is 0.329 e. The third kappa shape index (κ3) is 7.75. The molecule has 2 aromatic carbocycles. The average molecular weight is 449 g/mol. The predicted molar refractivity (Wildman–Crippen MR) is 117 cm³/mol. The number of rotatable bonds is 8. The van der Waals surface area contributed by atoms with E-state index >= 15 is 0 Å². The minimum atomic E-state index is -3.65. The molecule has 156 valence electrons. The number of benzene rings is 2. The second kappa shape index (κ2) is 12.0. The molecule has 4 N–H and O–H groups in total. The summed E-state index contributed by atoms with van der Waals surface area (Å²) in [7, 11) is 0.259. The van der Waals surface area contributed by atoms with E-state index in [0.717, 1.165) is 12.1 Å². The molecule has 2 rings (SSSR count). The molecule has 7 nitrogen and oxygen atoms in total. The van der Waals surface area contributed by atoms with Gasteiger partial charge in [-0.2, -0.15) is 0 Å². The summed E-state index contributed by atoms with van der Waals surface area (Å²) in [6.07, 6.45) is 0. The van der Waals surface area contributed by atoms with Gasteiger partial charge in [-0.1, -0.05) is 18.2 Å². The van der Waals surface area contributed by atoms with E-state index in [1.807, 2.05) is 37.2 Å². The first kappa shape index (κ1) is 26.3. The van der Waals surface area contributed by atoms with E-state index in [9.17, 15) is 13.2 Å². The SMILES string of the molecule is CN(C)Cc1cccc(C(=O)Nc2cccc(S(=O)(=O)NCCN)c2)c1.Cl.Cl. The second-order valence-electron chi connectivity index (χ2n) is 6.11. The van der Waals surface area contributed by atoms with Crippen LogP contribution >= 0.6 is 24.8 Å². The zero-order valence-electron chi connectivity index (χ0n) is 15.7. The van der Waals surface area contributed by atoms with Crippen LogP contribution in [0.2, 0.25) is 0 Å². The highest BCUT2D eigenvalue weighted by Crippen LogP contribution is 2.17. The molecular formula is C18H26Cl2N4O3S. The van der Waals surface area contributed by atoms with E-state index in [0.29, 0.717) is 11.3 Å². The molecule has 0 bridgehead atoms. The van der Waals surface area contributed by atoms with Crippen LogP contribution < -0.4 is 15.8 Å². The molecule has 28 heavy (non-hydrogen) atoms. The zero-order valence-corrected chi connectivity index (χ0v) is 18.2. The molecule has 0 aliphatic carbocycles. The van der Waals surface area contributed by atoms with Gasteiger partial charge in [0, 0.05) is 30.9 Å². The smallest absolute Gasteiger partial charge is 0.255 e. The molecule has 0 aliphatic heterocycles. The number of sulfonamides is 1. The van der Waals surface area contributed by atoms with E-state index < -0.39 is 10.0 Å². The van der Waals surface area contributed by atoms with E-state index in [1.165, 1.54) is 12.1 Å². The summed E-state index contributed by atoms with van der Waals surface area (Å²) >= 11 is 0. The number of hydrogen-bond donors (Lipinski definition) is 3. The van der Waals surface area contributed by atoms with E-state index in [1.54, 1.807) is 18.2 Å². The van der Waals surface area contributed by atoms with Gasteiger partial charge < -0.3 is 16.0 Å². The molecule has 0 unspecified atom stereocenters. The first-order valence-electron chi connectivity index (χ1n) is 8.16. The summed E-state index contributed by atoms with van der Waals surface area (Å²) in [6, 6.07) is 13.4. The van der Waals surface area contributed by atoms with Crippen molar-refractivity contribution in [2.45, 2.75) is 11.4 Å². The van der Waals surface area contributed by atoms with Crippen molar-refractivity contribution in [2.24, 2.45) is 5.73 Å². The minimum Gasteiger partial charge on any atom is -0.329 e. The summed E-state index contributed by atoms with van der Waals surface area (Å²) in [5.74, 6) is -0.296. The Bertz CT molecular complexity index is 877. The van der Waals surface area contributed by atoms with Crippen molar-refractivity contribution in [3.63, 3.8) is 0 Å². The Balaban J connectivity index is 0.00000364. The van der Waals surface area contributed by atoms with Crippen LogP contribution in [0.15, 0.2) is 53.4 Å². The lowest BCUT2D eigenvalue weighted by atomic mass is 10.1. The monoisotopic (exact) mass is 448 g/mol. The lowest BCUT2D eigenvalue weighted by Gasteiger charge is -2.12. The maximum Gasteiger partial charge on any atom is 0.255 e. The van der Waals surface area contributed by atoms with Crippen LogP contribution in [0.3, 0.4) is 0 Å². The fourth-order valence-corrected chi connectivity index (χ4v) is 3.49. The van der Waals surface area contributed by atoms with Crippen molar-refractivity contribution in [3.05, 3.63) is 59.7 Å². The van der Waals surface area contributed by atoms with Gasteiger partial charge in [0.15, 0.2) is 0 Å². The number of halogens is 2.